The molecule has 1 fully saturated rings. The smallest absolute Gasteiger partial charge is 0.305 e. The van der Waals surface area contributed by atoms with Crippen molar-refractivity contribution in [2.75, 3.05) is 11.9 Å². The first-order valence-electron chi connectivity index (χ1n) is 9.51. The zero-order valence-corrected chi connectivity index (χ0v) is 15.7. The zero-order chi connectivity index (χ0) is 20.4. The summed E-state index contributed by atoms with van der Waals surface area (Å²) in [6.45, 7) is -0.249. The normalized spacial score (nSPS) is 24.9. The van der Waals surface area contributed by atoms with Gasteiger partial charge in [-0.3, -0.25) is 14.6 Å². The number of fused-ring (bicyclic) bond motifs is 3. The highest BCUT2D eigenvalue weighted by molar-refractivity contribution is 5.92. The van der Waals surface area contributed by atoms with Gasteiger partial charge in [0.2, 0.25) is 5.91 Å². The number of carboxylic acid groups (broad SMARTS) is 1. The van der Waals surface area contributed by atoms with Gasteiger partial charge in [-0.2, -0.15) is 0 Å². The molecule has 1 saturated heterocycles. The van der Waals surface area contributed by atoms with Crippen LogP contribution in [0.3, 0.4) is 0 Å². The quantitative estimate of drug-likeness (QED) is 0.678. The van der Waals surface area contributed by atoms with Crippen molar-refractivity contribution in [3.8, 4) is 5.75 Å². The van der Waals surface area contributed by atoms with E-state index in [1.54, 1.807) is 36.7 Å². The van der Waals surface area contributed by atoms with E-state index in [1.807, 2.05) is 6.07 Å². The van der Waals surface area contributed by atoms with Crippen LogP contribution < -0.4 is 10.1 Å². The van der Waals surface area contributed by atoms with Crippen LogP contribution in [0.25, 0.3) is 0 Å². The Morgan fingerprint density at radius 3 is 2.72 bits per heavy atom. The predicted molar refractivity (Wildman–Crippen MR) is 103 cm³/mol. The van der Waals surface area contributed by atoms with Crippen LogP contribution in [-0.4, -0.2) is 52.0 Å². The molecule has 8 heteroatoms. The van der Waals surface area contributed by atoms with Crippen molar-refractivity contribution in [2.45, 2.75) is 43.5 Å². The molecule has 0 bridgehead atoms. The van der Waals surface area contributed by atoms with E-state index in [-0.39, 0.29) is 37.4 Å². The van der Waals surface area contributed by atoms with Crippen LogP contribution >= 0.6 is 0 Å². The van der Waals surface area contributed by atoms with Crippen molar-refractivity contribution in [3.05, 3.63) is 53.9 Å². The van der Waals surface area contributed by atoms with Crippen LogP contribution in [0.15, 0.2) is 42.7 Å². The molecule has 1 aromatic carbocycles. The molecule has 2 aliphatic heterocycles. The number of aliphatic hydroxyl groups excluding tert-OH is 1. The Labute approximate surface area is 167 Å². The van der Waals surface area contributed by atoms with Gasteiger partial charge in [-0.25, -0.2) is 0 Å². The van der Waals surface area contributed by atoms with E-state index < -0.39 is 18.2 Å². The van der Waals surface area contributed by atoms with Gasteiger partial charge >= 0.3 is 5.97 Å². The van der Waals surface area contributed by atoms with Crippen LogP contribution in [0, 0.1) is 0 Å². The first-order chi connectivity index (χ1) is 14.0. The van der Waals surface area contributed by atoms with E-state index in [1.165, 1.54) is 0 Å². The van der Waals surface area contributed by atoms with E-state index in [0.717, 1.165) is 11.1 Å². The number of benzene rings is 1. The highest BCUT2D eigenvalue weighted by Crippen LogP contribution is 2.47. The number of hydrogen-bond donors (Lipinski definition) is 3. The molecule has 0 saturated carbocycles. The SMILES string of the molecule is O=C(O)C[C@H]1C[C@H]2c3cc(NC(=O)Cc4ccncc4)ccc3O[C@H]2[C@@H](CO)O1. The number of aromatic nitrogens is 1. The van der Waals surface area contributed by atoms with Gasteiger partial charge in [-0.15, -0.1) is 0 Å². The van der Waals surface area contributed by atoms with Gasteiger partial charge in [-0.1, -0.05) is 0 Å². The Hall–Kier alpha value is -2.97. The largest absolute Gasteiger partial charge is 0.487 e. The summed E-state index contributed by atoms with van der Waals surface area (Å²) in [7, 11) is 0. The number of rotatable bonds is 6. The van der Waals surface area contributed by atoms with Crippen LogP contribution in [0.1, 0.15) is 29.9 Å². The maximum atomic E-state index is 12.4. The molecule has 29 heavy (non-hydrogen) atoms. The summed E-state index contributed by atoms with van der Waals surface area (Å²) in [5.74, 6) is -0.514. The number of aliphatic hydroxyl groups is 1. The summed E-state index contributed by atoms with van der Waals surface area (Å²) in [4.78, 5) is 27.4. The highest BCUT2D eigenvalue weighted by Gasteiger charge is 2.46. The van der Waals surface area contributed by atoms with Gasteiger partial charge < -0.3 is 25.0 Å². The molecule has 4 atom stereocenters. The fourth-order valence-electron chi connectivity index (χ4n) is 4.05. The molecule has 1 amide bonds. The van der Waals surface area contributed by atoms with Crippen molar-refractivity contribution in [1.82, 2.24) is 4.98 Å². The van der Waals surface area contributed by atoms with Gasteiger partial charge in [0.25, 0.3) is 0 Å². The van der Waals surface area contributed by atoms with Gasteiger partial charge in [0.15, 0.2) is 0 Å². The molecule has 0 aliphatic carbocycles. The van der Waals surface area contributed by atoms with Gasteiger partial charge in [0, 0.05) is 29.6 Å². The monoisotopic (exact) mass is 398 g/mol. The average Bonchev–Trinajstić information content (AvgIpc) is 3.05. The molecule has 4 rings (SSSR count). The Morgan fingerprint density at radius 2 is 2.00 bits per heavy atom. The lowest BCUT2D eigenvalue weighted by Crippen LogP contribution is -2.46. The second-order valence-electron chi connectivity index (χ2n) is 7.33. The Kier molecular flexibility index (Phi) is 5.46. The van der Waals surface area contributed by atoms with Crippen molar-refractivity contribution in [2.24, 2.45) is 0 Å². The average molecular weight is 398 g/mol. The van der Waals surface area contributed by atoms with Crippen molar-refractivity contribution in [1.29, 1.82) is 0 Å². The molecule has 3 N–H and O–H groups in total. The predicted octanol–water partition coefficient (Wildman–Crippen LogP) is 1.73. The Balaban J connectivity index is 1.50. The fraction of sp³-hybridized carbons (Fsp3) is 0.381. The van der Waals surface area contributed by atoms with Crippen molar-refractivity contribution in [3.63, 3.8) is 0 Å². The number of ether oxygens (including phenoxy) is 2. The molecular formula is C21H22N2O6. The third-order valence-corrected chi connectivity index (χ3v) is 5.30. The summed E-state index contributed by atoms with van der Waals surface area (Å²) in [6, 6.07) is 9.00. The molecular weight excluding hydrogens is 376 g/mol. The number of pyridine rings is 1. The number of anilines is 1. The second-order valence-corrected chi connectivity index (χ2v) is 7.33. The molecule has 0 unspecified atom stereocenters. The maximum absolute atomic E-state index is 12.4. The van der Waals surface area contributed by atoms with E-state index >= 15 is 0 Å². The standard InChI is InChI=1S/C21H22N2O6/c24-11-18-21-16(9-14(28-18)10-20(26)27)15-8-13(1-2-17(15)29-21)23-19(25)7-12-3-5-22-6-4-12/h1-6,8,14,16,18,21,24H,7,9-11H2,(H,23,25)(H,26,27)/t14-,16+,18-,21-/m1/s1. The van der Waals surface area contributed by atoms with Gasteiger partial charge in [-0.05, 0) is 42.3 Å². The van der Waals surface area contributed by atoms with Crippen molar-refractivity contribution < 1.29 is 29.3 Å². The molecule has 8 nitrogen and oxygen atoms in total. The Bertz CT molecular complexity index is 903. The highest BCUT2D eigenvalue weighted by atomic mass is 16.6. The third kappa shape index (κ3) is 4.23. The van der Waals surface area contributed by atoms with Crippen LogP contribution in [-0.2, 0) is 20.7 Å². The topological polar surface area (TPSA) is 118 Å². The summed E-state index contributed by atoms with van der Waals surface area (Å²) >= 11 is 0. The minimum absolute atomic E-state index is 0.0997. The summed E-state index contributed by atoms with van der Waals surface area (Å²) in [5.41, 5.74) is 2.41. The van der Waals surface area contributed by atoms with Gasteiger partial charge in [0.1, 0.15) is 18.0 Å². The maximum Gasteiger partial charge on any atom is 0.305 e. The summed E-state index contributed by atoms with van der Waals surface area (Å²) in [5, 5.41) is 21.7. The number of nitrogens with zero attached hydrogens (tertiary/aromatic N) is 1. The molecule has 2 aromatic rings. The summed E-state index contributed by atoms with van der Waals surface area (Å²) in [6.07, 6.45) is 2.43. The molecule has 152 valence electrons. The third-order valence-electron chi connectivity index (χ3n) is 5.30. The van der Waals surface area contributed by atoms with E-state index in [9.17, 15) is 14.7 Å². The molecule has 0 radical (unpaired) electrons. The van der Waals surface area contributed by atoms with Crippen molar-refractivity contribution >= 4 is 17.6 Å². The number of nitrogens with one attached hydrogen (secondary N) is 1. The lowest BCUT2D eigenvalue weighted by molar-refractivity contribution is -0.153. The fourth-order valence-corrected chi connectivity index (χ4v) is 4.05. The number of aliphatic carboxylic acids is 1. The number of amides is 1. The molecule has 2 aliphatic rings. The van der Waals surface area contributed by atoms with Crippen LogP contribution in [0.4, 0.5) is 5.69 Å². The Morgan fingerprint density at radius 1 is 1.21 bits per heavy atom. The van der Waals surface area contributed by atoms with E-state index in [2.05, 4.69) is 10.3 Å². The zero-order valence-electron chi connectivity index (χ0n) is 15.7. The minimum Gasteiger partial charge on any atom is -0.487 e. The number of carbonyl (C=O) groups is 2. The van der Waals surface area contributed by atoms with Crippen LogP contribution in [0.5, 0.6) is 5.75 Å². The number of carboxylic acids is 1. The van der Waals surface area contributed by atoms with Crippen LogP contribution in [0.2, 0.25) is 0 Å². The number of carbonyl (C=O) groups excluding carboxylic acids is 1. The number of hydrogen-bond acceptors (Lipinski definition) is 6. The first-order valence-corrected chi connectivity index (χ1v) is 9.51. The lowest BCUT2D eigenvalue weighted by atomic mass is 9.84. The summed E-state index contributed by atoms with van der Waals surface area (Å²) < 4.78 is 11.7. The molecule has 1 aromatic heterocycles. The lowest BCUT2D eigenvalue weighted by Gasteiger charge is -2.36. The van der Waals surface area contributed by atoms with E-state index in [4.69, 9.17) is 14.6 Å². The molecule has 0 spiro atoms. The molecule has 3 heterocycles. The minimum atomic E-state index is -0.943. The van der Waals surface area contributed by atoms with Gasteiger partial charge in [0.05, 0.1) is 25.6 Å². The van der Waals surface area contributed by atoms with E-state index in [0.29, 0.717) is 17.9 Å². The second kappa shape index (κ2) is 8.18. The first kappa shape index (κ1) is 19.4.